The molecular formula is C9H24. The molecule has 0 N–H and O–H groups in total. The van der Waals surface area contributed by atoms with Crippen molar-refractivity contribution < 1.29 is 1.37 Å². The summed E-state index contributed by atoms with van der Waals surface area (Å²) in [5.41, 5.74) is 0. The summed E-state index contributed by atoms with van der Waals surface area (Å²) in [7, 11) is 0. The van der Waals surface area contributed by atoms with E-state index in [1.54, 1.807) is 0 Å². The predicted molar refractivity (Wildman–Crippen MR) is 47.8 cm³/mol. The zero-order chi connectivity index (χ0) is 6.41. The summed E-state index contributed by atoms with van der Waals surface area (Å²) in [6, 6.07) is 0. The molecule has 60 valence electrons. The Hall–Kier alpha value is 0. The summed E-state index contributed by atoms with van der Waals surface area (Å²) < 4.78 is 6.85. The number of hydrogen-bond acceptors (Lipinski definition) is 0. The van der Waals surface area contributed by atoms with Gasteiger partial charge in [-0.25, -0.2) is 0 Å². The van der Waals surface area contributed by atoms with E-state index >= 15 is 0 Å². The Morgan fingerprint density at radius 1 is 1.33 bits per heavy atom. The van der Waals surface area contributed by atoms with Crippen molar-refractivity contribution in [1.82, 2.24) is 0 Å². The van der Waals surface area contributed by atoms with Crippen molar-refractivity contribution in [2.75, 3.05) is 0 Å². The van der Waals surface area contributed by atoms with E-state index in [-0.39, 0.29) is 14.9 Å². The summed E-state index contributed by atoms with van der Waals surface area (Å²) in [5, 5.41) is 0. The van der Waals surface area contributed by atoms with Crippen LogP contribution in [-0.4, -0.2) is 0 Å². The Morgan fingerprint density at radius 2 is 1.89 bits per heavy atom. The summed E-state index contributed by atoms with van der Waals surface area (Å²) in [6.07, 6.45) is 3.61. The van der Waals surface area contributed by atoms with Crippen LogP contribution in [0, 0.1) is 5.92 Å². The average Bonchev–Trinajstić information content (AvgIpc) is 1.66. The van der Waals surface area contributed by atoms with Crippen molar-refractivity contribution >= 4 is 0 Å². The van der Waals surface area contributed by atoms with Gasteiger partial charge in [-0.15, -0.1) is 0 Å². The van der Waals surface area contributed by atoms with Gasteiger partial charge in [-0.2, -0.15) is 0 Å². The maximum Gasteiger partial charge on any atom is 0.0230 e. The molecule has 0 saturated carbocycles. The predicted octanol–water partition coefficient (Wildman–Crippen LogP) is 4.10. The first-order valence-electron chi connectivity index (χ1n) is 3.77. The fraction of sp³-hybridized carbons (Fsp3) is 1.00. The van der Waals surface area contributed by atoms with Gasteiger partial charge in [0.05, 0.1) is 0 Å². The Bertz CT molecular complexity index is 42.0. The first-order valence-corrected chi connectivity index (χ1v) is 3.06. The molecule has 0 aliphatic rings. The van der Waals surface area contributed by atoms with Crippen molar-refractivity contribution in [2.24, 2.45) is 5.92 Å². The van der Waals surface area contributed by atoms with Gasteiger partial charge < -0.3 is 0 Å². The van der Waals surface area contributed by atoms with Gasteiger partial charge >= 0.3 is 0 Å². The van der Waals surface area contributed by atoms with E-state index in [1.807, 2.05) is 0 Å². The van der Waals surface area contributed by atoms with Crippen molar-refractivity contribution in [3.05, 3.63) is 0 Å². The van der Waals surface area contributed by atoms with Gasteiger partial charge in [-0.05, 0) is 5.92 Å². The molecule has 0 amide bonds. The molecule has 0 unspecified atom stereocenters. The molecule has 9 heavy (non-hydrogen) atoms. The van der Waals surface area contributed by atoms with E-state index in [0.717, 1.165) is 12.3 Å². The van der Waals surface area contributed by atoms with Gasteiger partial charge in [0.2, 0.25) is 0 Å². The summed E-state index contributed by atoms with van der Waals surface area (Å²) in [5.74, 6) is 0.821. The van der Waals surface area contributed by atoms with E-state index in [4.69, 9.17) is 1.37 Å². The highest BCUT2D eigenvalue weighted by molar-refractivity contribution is 4.42. The lowest BCUT2D eigenvalue weighted by Gasteiger charge is -1.98. The molecule has 0 aliphatic carbocycles. The van der Waals surface area contributed by atoms with Gasteiger partial charge in [-0.3, -0.25) is 0 Å². The molecule has 0 rings (SSSR count). The normalized spacial score (nSPS) is 9.44. The molecule has 0 atom stereocenters. The minimum Gasteiger partial charge on any atom is -0.0776 e. The first-order chi connectivity index (χ1) is 3.77. The molecule has 0 spiro atoms. The van der Waals surface area contributed by atoms with E-state index in [0.29, 0.717) is 6.90 Å². The van der Waals surface area contributed by atoms with Gasteiger partial charge in [-0.1, -0.05) is 54.9 Å². The van der Waals surface area contributed by atoms with Crippen LogP contribution in [-0.2, 0) is 0 Å². The van der Waals surface area contributed by atoms with E-state index in [1.165, 1.54) is 12.8 Å². The summed E-state index contributed by atoms with van der Waals surface area (Å²) >= 11 is 0. The third-order valence-corrected chi connectivity index (χ3v) is 1.03. The molecule has 0 nitrogen and oxygen atoms in total. The summed E-state index contributed by atoms with van der Waals surface area (Å²) in [4.78, 5) is 0. The van der Waals surface area contributed by atoms with Gasteiger partial charge in [0.1, 0.15) is 0 Å². The molecule has 0 aromatic heterocycles. The molecule has 0 fully saturated rings. The Kier molecular flexibility index (Phi) is 14.2. The molecule has 0 aliphatic heterocycles. The van der Waals surface area contributed by atoms with Crippen molar-refractivity contribution in [2.45, 2.75) is 54.9 Å². The van der Waals surface area contributed by atoms with Gasteiger partial charge in [0.25, 0.3) is 0 Å². The highest BCUT2D eigenvalue weighted by atomic mass is 13.9. The zero-order valence-corrected chi connectivity index (χ0v) is 5.41. The van der Waals surface area contributed by atoms with Crippen LogP contribution >= 0.6 is 0 Å². The third kappa shape index (κ3) is 18.0. The van der Waals surface area contributed by atoms with Crippen LogP contribution in [0.3, 0.4) is 0 Å². The third-order valence-electron chi connectivity index (χ3n) is 1.03. The smallest absolute Gasteiger partial charge is 0.0230 e. The minimum absolute atomic E-state index is 0. The first kappa shape index (κ1) is 11.8. The Balaban J connectivity index is -0.000000245. The van der Waals surface area contributed by atoms with Crippen molar-refractivity contribution in [3.63, 3.8) is 0 Å². The van der Waals surface area contributed by atoms with Crippen molar-refractivity contribution in [3.8, 4) is 0 Å². The van der Waals surface area contributed by atoms with Gasteiger partial charge in [0, 0.05) is 1.37 Å². The highest BCUT2D eigenvalue weighted by Gasteiger charge is 1.88. The van der Waals surface area contributed by atoms with Crippen LogP contribution in [0.1, 0.15) is 56.2 Å². The molecule has 0 heteroatoms. The van der Waals surface area contributed by atoms with Crippen molar-refractivity contribution in [1.29, 1.82) is 0 Å². The topological polar surface area (TPSA) is 0 Å². The quantitative estimate of drug-likeness (QED) is 0.508. The van der Waals surface area contributed by atoms with Crippen LogP contribution in [0.4, 0.5) is 0 Å². The average molecular weight is 133 g/mol. The monoisotopic (exact) mass is 133 g/mol. The van der Waals surface area contributed by atoms with E-state index in [9.17, 15) is 0 Å². The molecule has 0 heterocycles. The molecule has 0 saturated heterocycles. The molecule has 0 aromatic carbocycles. The highest BCUT2D eigenvalue weighted by Crippen LogP contribution is 2.04. The Morgan fingerprint density at radius 3 is 2.22 bits per heavy atom. The fourth-order valence-corrected chi connectivity index (χ4v) is 0.553. The minimum atomic E-state index is 0. The maximum absolute atomic E-state index is 6.85. The standard InChI is InChI=1S/C7H16.2CH4/c1-4-5-6-7(2)3;;/h7H,4-6H2,1-3H3;2*1H4/i1D;;. The second-order valence-corrected chi connectivity index (χ2v) is 2.39. The van der Waals surface area contributed by atoms with Crippen LogP contribution < -0.4 is 0 Å². The number of rotatable bonds is 3. The largest absolute Gasteiger partial charge is 0.0776 e. The lowest BCUT2D eigenvalue weighted by Crippen LogP contribution is -1.83. The molecule has 0 aromatic rings. The fourth-order valence-electron chi connectivity index (χ4n) is 0.553. The second kappa shape index (κ2) is 10.9. The van der Waals surface area contributed by atoms with Crippen LogP contribution in [0.5, 0.6) is 0 Å². The maximum atomic E-state index is 6.85. The Labute approximate surface area is 63.1 Å². The molecule has 0 bridgehead atoms. The summed E-state index contributed by atoms with van der Waals surface area (Å²) in [6.45, 7) is 5.06. The lowest BCUT2D eigenvalue weighted by molar-refractivity contribution is 0.550. The van der Waals surface area contributed by atoms with E-state index in [2.05, 4.69) is 13.8 Å². The molecular weight excluding hydrogens is 108 g/mol. The van der Waals surface area contributed by atoms with Crippen LogP contribution in [0.2, 0.25) is 0 Å². The van der Waals surface area contributed by atoms with Gasteiger partial charge in [0.15, 0.2) is 0 Å². The van der Waals surface area contributed by atoms with E-state index < -0.39 is 0 Å². The van der Waals surface area contributed by atoms with Crippen LogP contribution in [0.25, 0.3) is 0 Å². The lowest BCUT2D eigenvalue weighted by atomic mass is 10.1. The van der Waals surface area contributed by atoms with Crippen LogP contribution in [0.15, 0.2) is 0 Å². The molecule has 0 radical (unpaired) electrons. The second-order valence-electron chi connectivity index (χ2n) is 2.39. The zero-order valence-electron chi connectivity index (χ0n) is 6.41. The number of unbranched alkanes of at least 4 members (excludes halogenated alkanes) is 1. The SMILES string of the molecule is C.C.[2H]CCCCC(C)C. The number of hydrogen-bond donors (Lipinski definition) is 0.